The number of nitrogens with one attached hydrogen (secondary N) is 2. The van der Waals surface area contributed by atoms with Gasteiger partial charge in [0.25, 0.3) is 0 Å². The maximum atomic E-state index is 11.7. The lowest BCUT2D eigenvalue weighted by Gasteiger charge is -2.33. The van der Waals surface area contributed by atoms with Crippen molar-refractivity contribution in [3.05, 3.63) is 30.3 Å². The van der Waals surface area contributed by atoms with E-state index in [1.165, 1.54) is 0 Å². The van der Waals surface area contributed by atoms with Crippen molar-refractivity contribution in [3.63, 3.8) is 0 Å². The van der Waals surface area contributed by atoms with Crippen LogP contribution < -0.4 is 10.6 Å². The summed E-state index contributed by atoms with van der Waals surface area (Å²) in [6, 6.07) is 9.12. The minimum absolute atomic E-state index is 0.217. The van der Waals surface area contributed by atoms with Crippen LogP contribution in [0.4, 0.5) is 10.5 Å². The van der Waals surface area contributed by atoms with Gasteiger partial charge in [0.05, 0.1) is 13.2 Å². The van der Waals surface area contributed by atoms with Gasteiger partial charge in [0.2, 0.25) is 0 Å². The molecule has 1 aromatic carbocycles. The molecule has 0 aliphatic carbocycles. The highest BCUT2D eigenvalue weighted by molar-refractivity contribution is 5.89. The Morgan fingerprint density at radius 2 is 1.95 bits per heavy atom. The van der Waals surface area contributed by atoms with Crippen LogP contribution in [0.5, 0.6) is 0 Å². The molecule has 1 aromatic rings. The molecule has 1 aliphatic rings. The average molecular weight is 264 g/mol. The number of urea groups is 1. The number of ether oxygens (including phenoxy) is 2. The highest BCUT2D eigenvalue weighted by atomic mass is 16.7. The summed E-state index contributed by atoms with van der Waals surface area (Å²) in [4.78, 5) is 11.7. The first-order valence-electron chi connectivity index (χ1n) is 6.56. The maximum absolute atomic E-state index is 11.7. The van der Waals surface area contributed by atoms with Crippen molar-refractivity contribution in [2.24, 2.45) is 0 Å². The van der Waals surface area contributed by atoms with Gasteiger partial charge >= 0.3 is 6.03 Å². The molecule has 0 unspecified atom stereocenters. The van der Waals surface area contributed by atoms with E-state index in [1.54, 1.807) is 0 Å². The molecule has 0 aromatic heterocycles. The third kappa shape index (κ3) is 4.54. The molecular weight excluding hydrogens is 244 g/mol. The smallest absolute Gasteiger partial charge is 0.319 e. The van der Waals surface area contributed by atoms with Crippen LogP contribution >= 0.6 is 0 Å². The lowest BCUT2D eigenvalue weighted by atomic mass is 10.2. The number of benzene rings is 1. The third-order valence-corrected chi connectivity index (χ3v) is 3.00. The summed E-state index contributed by atoms with van der Waals surface area (Å²) >= 11 is 0. The van der Waals surface area contributed by atoms with Gasteiger partial charge in [0.1, 0.15) is 0 Å². The van der Waals surface area contributed by atoms with Crippen LogP contribution in [0.3, 0.4) is 0 Å². The molecule has 2 N–H and O–H groups in total. The van der Waals surface area contributed by atoms with Crippen molar-refractivity contribution in [2.75, 3.05) is 25.1 Å². The molecule has 0 atom stereocenters. The lowest BCUT2D eigenvalue weighted by Crippen LogP contribution is -2.41. The number of hydrogen-bond donors (Lipinski definition) is 2. The molecule has 5 heteroatoms. The van der Waals surface area contributed by atoms with Crippen LogP contribution in [-0.4, -0.2) is 31.6 Å². The van der Waals surface area contributed by atoms with Crippen LogP contribution in [0.1, 0.15) is 19.8 Å². The molecule has 2 amide bonds. The number of carbonyl (C=O) groups excluding carboxylic acids is 1. The topological polar surface area (TPSA) is 59.6 Å². The first-order valence-corrected chi connectivity index (χ1v) is 6.56. The Kier molecular flexibility index (Phi) is 4.76. The van der Waals surface area contributed by atoms with Crippen molar-refractivity contribution in [1.82, 2.24) is 5.32 Å². The fourth-order valence-electron chi connectivity index (χ4n) is 1.92. The van der Waals surface area contributed by atoms with E-state index in [4.69, 9.17) is 9.47 Å². The molecule has 104 valence electrons. The molecule has 19 heavy (non-hydrogen) atoms. The second-order valence-electron chi connectivity index (χ2n) is 4.68. The summed E-state index contributed by atoms with van der Waals surface area (Å²) in [5.74, 6) is -0.571. The van der Waals surface area contributed by atoms with E-state index in [0.717, 1.165) is 12.1 Å². The normalized spacial score (nSPS) is 17.7. The second-order valence-corrected chi connectivity index (χ2v) is 4.68. The summed E-state index contributed by atoms with van der Waals surface area (Å²) in [6.45, 7) is 3.84. The average Bonchev–Trinajstić information content (AvgIpc) is 2.40. The summed E-state index contributed by atoms with van der Waals surface area (Å²) in [5, 5.41) is 5.55. The minimum atomic E-state index is -0.571. The SMILES string of the molecule is CC1(CCNC(=O)Nc2ccccc2)OCCCO1. The fraction of sp³-hybridized carbons (Fsp3) is 0.500. The molecule has 2 rings (SSSR count). The van der Waals surface area contributed by atoms with Gasteiger partial charge in [0, 0.05) is 18.7 Å². The summed E-state index contributed by atoms with van der Waals surface area (Å²) < 4.78 is 11.1. The van der Waals surface area contributed by atoms with Gasteiger partial charge in [-0.25, -0.2) is 4.79 Å². The van der Waals surface area contributed by atoms with Gasteiger partial charge < -0.3 is 20.1 Å². The van der Waals surface area contributed by atoms with Crippen molar-refractivity contribution in [1.29, 1.82) is 0 Å². The van der Waals surface area contributed by atoms with Crippen LogP contribution in [0, 0.1) is 0 Å². The van der Waals surface area contributed by atoms with Gasteiger partial charge in [-0.1, -0.05) is 18.2 Å². The van der Waals surface area contributed by atoms with Gasteiger partial charge in [0.15, 0.2) is 5.79 Å². The molecule has 1 heterocycles. The Hall–Kier alpha value is -1.59. The van der Waals surface area contributed by atoms with E-state index in [2.05, 4.69) is 10.6 Å². The first-order chi connectivity index (χ1) is 9.18. The molecule has 1 fully saturated rings. The summed E-state index contributed by atoms with van der Waals surface area (Å²) in [7, 11) is 0. The standard InChI is InChI=1S/C14H20N2O3/c1-14(18-10-5-11-19-14)8-9-15-13(17)16-12-6-3-2-4-7-12/h2-4,6-7H,5,8-11H2,1H3,(H2,15,16,17). The van der Waals surface area contributed by atoms with E-state index in [-0.39, 0.29) is 6.03 Å². The molecule has 0 bridgehead atoms. The van der Waals surface area contributed by atoms with Crippen LogP contribution in [0.2, 0.25) is 0 Å². The van der Waals surface area contributed by atoms with E-state index >= 15 is 0 Å². The van der Waals surface area contributed by atoms with E-state index < -0.39 is 5.79 Å². The van der Waals surface area contributed by atoms with Crippen molar-refractivity contribution in [2.45, 2.75) is 25.6 Å². The van der Waals surface area contributed by atoms with Crippen molar-refractivity contribution in [3.8, 4) is 0 Å². The predicted octanol–water partition coefficient (Wildman–Crippen LogP) is 2.35. The third-order valence-electron chi connectivity index (χ3n) is 3.00. The molecule has 0 spiro atoms. The van der Waals surface area contributed by atoms with Gasteiger partial charge in [-0.2, -0.15) is 0 Å². The largest absolute Gasteiger partial charge is 0.350 e. The fourth-order valence-corrected chi connectivity index (χ4v) is 1.92. The number of anilines is 1. The quantitative estimate of drug-likeness (QED) is 0.877. The Bertz CT molecular complexity index is 402. The zero-order valence-corrected chi connectivity index (χ0v) is 11.1. The van der Waals surface area contributed by atoms with Crippen LogP contribution in [-0.2, 0) is 9.47 Å². The Morgan fingerprint density at radius 1 is 1.26 bits per heavy atom. The Balaban J connectivity index is 1.69. The van der Waals surface area contributed by atoms with E-state index in [1.807, 2.05) is 37.3 Å². The van der Waals surface area contributed by atoms with Crippen molar-refractivity contribution >= 4 is 11.7 Å². The van der Waals surface area contributed by atoms with Gasteiger partial charge in [-0.15, -0.1) is 0 Å². The molecular formula is C14H20N2O3. The Morgan fingerprint density at radius 3 is 2.63 bits per heavy atom. The van der Waals surface area contributed by atoms with Gasteiger partial charge in [-0.05, 0) is 25.5 Å². The molecule has 5 nitrogen and oxygen atoms in total. The first kappa shape index (κ1) is 13.8. The van der Waals surface area contributed by atoms with E-state index in [9.17, 15) is 4.79 Å². The maximum Gasteiger partial charge on any atom is 0.319 e. The van der Waals surface area contributed by atoms with E-state index in [0.29, 0.717) is 26.2 Å². The van der Waals surface area contributed by atoms with Crippen LogP contribution in [0.15, 0.2) is 30.3 Å². The summed E-state index contributed by atoms with van der Waals surface area (Å²) in [6.07, 6.45) is 1.56. The summed E-state index contributed by atoms with van der Waals surface area (Å²) in [5.41, 5.74) is 0.774. The Labute approximate surface area is 113 Å². The molecule has 1 aliphatic heterocycles. The zero-order valence-electron chi connectivity index (χ0n) is 11.1. The monoisotopic (exact) mass is 264 g/mol. The van der Waals surface area contributed by atoms with Crippen LogP contribution in [0.25, 0.3) is 0 Å². The highest BCUT2D eigenvalue weighted by Crippen LogP contribution is 2.21. The number of rotatable bonds is 4. The molecule has 1 saturated heterocycles. The second kappa shape index (κ2) is 6.54. The van der Waals surface area contributed by atoms with Crippen molar-refractivity contribution < 1.29 is 14.3 Å². The predicted molar refractivity (Wildman–Crippen MR) is 73.0 cm³/mol. The number of para-hydroxylation sites is 1. The minimum Gasteiger partial charge on any atom is -0.350 e. The zero-order chi connectivity index (χ0) is 13.6. The number of amides is 2. The van der Waals surface area contributed by atoms with Gasteiger partial charge in [-0.3, -0.25) is 0 Å². The highest BCUT2D eigenvalue weighted by Gasteiger charge is 2.28. The number of carbonyl (C=O) groups is 1. The molecule has 0 radical (unpaired) electrons. The lowest BCUT2D eigenvalue weighted by molar-refractivity contribution is -0.257. The molecule has 0 saturated carbocycles. The number of hydrogen-bond acceptors (Lipinski definition) is 3.